The Morgan fingerprint density at radius 2 is 1.70 bits per heavy atom. The molecule has 0 saturated carbocycles. The Labute approximate surface area is 203 Å². The first-order chi connectivity index (χ1) is 15.8. The van der Waals surface area contributed by atoms with Gasteiger partial charge in [0.05, 0.1) is 36.6 Å². The lowest BCUT2D eigenvalue weighted by molar-refractivity contribution is -0.132. The van der Waals surface area contributed by atoms with Crippen LogP contribution in [0.1, 0.15) is 17.4 Å². The number of carbonyl (C=O) groups excluding carboxylic acids is 2. The van der Waals surface area contributed by atoms with Crippen molar-refractivity contribution in [3.05, 3.63) is 80.7 Å². The van der Waals surface area contributed by atoms with E-state index in [1.807, 2.05) is 0 Å². The number of furan rings is 1. The Morgan fingerprint density at radius 3 is 2.27 bits per heavy atom. The Hall–Kier alpha value is -3.13. The molecule has 1 amide bonds. The smallest absolute Gasteiger partial charge is 0.300 e. The zero-order valence-electron chi connectivity index (χ0n) is 17.3. The highest BCUT2D eigenvalue weighted by molar-refractivity contribution is 6.52. The topological polar surface area (TPSA) is 89.2 Å². The molecule has 3 aromatic rings. The van der Waals surface area contributed by atoms with Crippen molar-refractivity contribution in [3.63, 3.8) is 0 Å². The molecule has 33 heavy (non-hydrogen) atoms. The van der Waals surface area contributed by atoms with E-state index in [9.17, 15) is 14.7 Å². The number of halogens is 3. The molecule has 0 spiro atoms. The van der Waals surface area contributed by atoms with E-state index in [0.29, 0.717) is 10.7 Å². The number of methoxy groups -OCH3 is 2. The van der Waals surface area contributed by atoms with E-state index in [-0.39, 0.29) is 38.4 Å². The Balaban J connectivity index is 1.98. The zero-order chi connectivity index (χ0) is 23.9. The maximum atomic E-state index is 13.2. The quantitative estimate of drug-likeness (QED) is 0.263. The van der Waals surface area contributed by atoms with E-state index in [2.05, 4.69) is 0 Å². The fourth-order valence-corrected chi connectivity index (χ4v) is 4.52. The molecule has 4 rings (SSSR count). The number of ketones is 1. The molecule has 1 saturated heterocycles. The average Bonchev–Trinajstić information content (AvgIpc) is 3.41. The minimum absolute atomic E-state index is 0.00414. The third-order valence-corrected chi connectivity index (χ3v) is 6.03. The van der Waals surface area contributed by atoms with E-state index >= 15 is 0 Å². The van der Waals surface area contributed by atoms with Crippen LogP contribution >= 0.6 is 34.8 Å². The summed E-state index contributed by atoms with van der Waals surface area (Å²) in [5, 5.41) is 11.8. The van der Waals surface area contributed by atoms with Gasteiger partial charge in [-0.3, -0.25) is 14.5 Å². The van der Waals surface area contributed by atoms with Crippen molar-refractivity contribution >= 4 is 57.9 Å². The average molecular weight is 509 g/mol. The van der Waals surface area contributed by atoms with Gasteiger partial charge in [0.2, 0.25) is 0 Å². The molecule has 1 atom stereocenters. The van der Waals surface area contributed by atoms with Gasteiger partial charge in [-0.15, -0.1) is 0 Å². The first-order valence-corrected chi connectivity index (χ1v) is 10.6. The molecule has 0 radical (unpaired) electrons. The van der Waals surface area contributed by atoms with Crippen LogP contribution in [0.15, 0.2) is 58.7 Å². The minimum Gasteiger partial charge on any atom is -0.507 e. The number of ether oxygens (including phenoxy) is 2. The largest absolute Gasteiger partial charge is 0.507 e. The standard InChI is InChI=1S/C23H16Cl3NO6/c1-31-21-13(10-14(25)22(32-2)17(21)26)19(28)16-18(15-4-3-9-33-15)27(23(30)20(16)29)12-7-5-11(24)6-8-12/h3-10,18,28H,1-2H3/b19-16-. The van der Waals surface area contributed by atoms with Crippen molar-refractivity contribution in [1.29, 1.82) is 0 Å². The summed E-state index contributed by atoms with van der Waals surface area (Å²) in [6.45, 7) is 0. The monoisotopic (exact) mass is 507 g/mol. The number of amides is 1. The molecule has 7 nitrogen and oxygen atoms in total. The van der Waals surface area contributed by atoms with Crippen LogP contribution in [-0.4, -0.2) is 31.0 Å². The van der Waals surface area contributed by atoms with Gasteiger partial charge in [0.15, 0.2) is 11.5 Å². The fourth-order valence-electron chi connectivity index (χ4n) is 3.71. The van der Waals surface area contributed by atoms with Crippen molar-refractivity contribution in [2.75, 3.05) is 19.1 Å². The molecule has 2 aromatic carbocycles. The summed E-state index contributed by atoms with van der Waals surface area (Å²) in [6, 6.07) is 9.83. The summed E-state index contributed by atoms with van der Waals surface area (Å²) in [4.78, 5) is 27.5. The van der Waals surface area contributed by atoms with Crippen LogP contribution in [0.5, 0.6) is 11.5 Å². The second kappa shape index (κ2) is 9.02. The predicted octanol–water partition coefficient (Wildman–Crippen LogP) is 5.88. The molecule has 1 unspecified atom stereocenters. The molecule has 1 N–H and O–H groups in total. The van der Waals surface area contributed by atoms with Crippen LogP contribution in [0.2, 0.25) is 15.1 Å². The van der Waals surface area contributed by atoms with Crippen molar-refractivity contribution in [1.82, 2.24) is 0 Å². The highest BCUT2D eigenvalue weighted by atomic mass is 35.5. The maximum Gasteiger partial charge on any atom is 0.300 e. The molecule has 2 heterocycles. The number of benzene rings is 2. The molecular weight excluding hydrogens is 493 g/mol. The van der Waals surface area contributed by atoms with E-state index in [0.717, 1.165) is 0 Å². The van der Waals surface area contributed by atoms with Crippen molar-refractivity contribution in [2.24, 2.45) is 0 Å². The maximum absolute atomic E-state index is 13.2. The van der Waals surface area contributed by atoms with Crippen molar-refractivity contribution in [2.45, 2.75) is 6.04 Å². The van der Waals surface area contributed by atoms with E-state index in [1.165, 1.54) is 31.4 Å². The fraction of sp³-hybridized carbons (Fsp3) is 0.130. The summed E-state index contributed by atoms with van der Waals surface area (Å²) in [6.07, 6.45) is 1.40. The molecule has 1 aromatic heterocycles. The number of rotatable bonds is 5. The van der Waals surface area contributed by atoms with Crippen LogP contribution in [0.25, 0.3) is 5.76 Å². The Bertz CT molecular complexity index is 1270. The van der Waals surface area contributed by atoms with Gasteiger partial charge in [-0.1, -0.05) is 34.8 Å². The number of hydrogen-bond acceptors (Lipinski definition) is 6. The molecule has 0 bridgehead atoms. The van der Waals surface area contributed by atoms with Crippen LogP contribution in [0, 0.1) is 0 Å². The number of anilines is 1. The Morgan fingerprint density at radius 1 is 1.03 bits per heavy atom. The summed E-state index contributed by atoms with van der Waals surface area (Å²) >= 11 is 18.6. The molecule has 0 aliphatic carbocycles. The molecule has 1 aliphatic rings. The lowest BCUT2D eigenvalue weighted by Crippen LogP contribution is -2.29. The SMILES string of the molecule is COc1c(Cl)cc(/C(O)=C2/C(=O)C(=O)N(c3ccc(Cl)cc3)C2c2ccco2)c(OC)c1Cl. The normalized spacial score (nSPS) is 17.5. The third-order valence-electron chi connectivity index (χ3n) is 5.16. The van der Waals surface area contributed by atoms with Gasteiger partial charge in [0.1, 0.15) is 22.6 Å². The number of aliphatic hydroxyl groups excluding tert-OH is 1. The zero-order valence-corrected chi connectivity index (χ0v) is 19.5. The predicted molar refractivity (Wildman–Crippen MR) is 125 cm³/mol. The summed E-state index contributed by atoms with van der Waals surface area (Å²) in [5.41, 5.74) is 0.180. The second-order valence-corrected chi connectivity index (χ2v) is 8.17. The summed E-state index contributed by atoms with van der Waals surface area (Å²) < 4.78 is 16.1. The number of nitrogens with zero attached hydrogens (tertiary/aromatic N) is 1. The molecule has 1 aliphatic heterocycles. The number of aliphatic hydroxyl groups is 1. The van der Waals surface area contributed by atoms with Crippen LogP contribution in [-0.2, 0) is 9.59 Å². The van der Waals surface area contributed by atoms with Gasteiger partial charge in [0, 0.05) is 10.7 Å². The Kier molecular flexibility index (Phi) is 6.30. The lowest BCUT2D eigenvalue weighted by Gasteiger charge is -2.23. The van der Waals surface area contributed by atoms with E-state index in [4.69, 9.17) is 48.7 Å². The van der Waals surface area contributed by atoms with Crippen LogP contribution in [0.3, 0.4) is 0 Å². The lowest BCUT2D eigenvalue weighted by atomic mass is 9.98. The molecular formula is C23H16Cl3NO6. The van der Waals surface area contributed by atoms with E-state index in [1.54, 1.807) is 36.4 Å². The highest BCUT2D eigenvalue weighted by Crippen LogP contribution is 2.48. The first kappa shape index (κ1) is 23.0. The molecule has 170 valence electrons. The number of hydrogen-bond donors (Lipinski definition) is 1. The molecule has 10 heteroatoms. The van der Waals surface area contributed by atoms with Gasteiger partial charge >= 0.3 is 0 Å². The summed E-state index contributed by atoms with van der Waals surface area (Å²) in [7, 11) is 2.71. The highest BCUT2D eigenvalue weighted by Gasteiger charge is 2.48. The van der Waals surface area contributed by atoms with Gasteiger partial charge in [-0.25, -0.2) is 0 Å². The van der Waals surface area contributed by atoms with Crippen molar-refractivity contribution < 1.29 is 28.6 Å². The minimum atomic E-state index is -1.06. The second-order valence-electron chi connectivity index (χ2n) is 6.95. The van der Waals surface area contributed by atoms with Gasteiger partial charge in [0.25, 0.3) is 11.7 Å². The number of carbonyl (C=O) groups is 2. The van der Waals surface area contributed by atoms with Gasteiger partial charge in [-0.2, -0.15) is 0 Å². The molecule has 1 fully saturated rings. The number of Topliss-reactive ketones (excluding diaryl/α,β-unsaturated/α-hetero) is 1. The summed E-state index contributed by atoms with van der Waals surface area (Å²) in [5.74, 6) is -1.90. The van der Waals surface area contributed by atoms with Crippen LogP contribution < -0.4 is 14.4 Å². The van der Waals surface area contributed by atoms with Gasteiger partial charge < -0.3 is 19.0 Å². The van der Waals surface area contributed by atoms with Gasteiger partial charge in [-0.05, 0) is 42.5 Å². The van der Waals surface area contributed by atoms with Crippen molar-refractivity contribution in [3.8, 4) is 11.5 Å². The van der Waals surface area contributed by atoms with Crippen LogP contribution in [0.4, 0.5) is 5.69 Å². The first-order valence-electron chi connectivity index (χ1n) is 9.50. The third kappa shape index (κ3) is 3.82. The van der Waals surface area contributed by atoms with E-state index < -0.39 is 23.5 Å².